The van der Waals surface area contributed by atoms with Gasteiger partial charge in [-0.05, 0) is 25.1 Å². The highest BCUT2D eigenvalue weighted by atomic mass is 35.5. The summed E-state index contributed by atoms with van der Waals surface area (Å²) in [6.45, 7) is 1.56. The fraction of sp³-hybridized carbons (Fsp3) is 0.455. The zero-order chi connectivity index (χ0) is 17.5. The lowest BCUT2D eigenvalue weighted by atomic mass is 10.3. The number of nitrogen functional groups attached to an aromatic ring is 1. The zero-order valence-electron chi connectivity index (χ0n) is 11.9. The van der Waals surface area contributed by atoms with Crippen molar-refractivity contribution in [1.29, 1.82) is 0 Å². The molecule has 0 amide bonds. The molecule has 0 saturated carbocycles. The minimum absolute atomic E-state index is 0.0727. The molecule has 1 rings (SSSR count). The SMILES string of the molecule is CC(CCS(=O)(=O)O)[N+](C)=S(=O)=O.Nc1cc(Cl)ccc1Cl. The molecule has 1 aromatic carbocycles. The molecule has 0 spiro atoms. The predicted octanol–water partition coefficient (Wildman–Crippen LogP) is 1.93. The molecule has 0 bridgehead atoms. The van der Waals surface area contributed by atoms with E-state index >= 15 is 0 Å². The standard InChI is InChI=1S/C6H5Cl2N.C5H11NO5S2/c7-4-1-2-5(8)6(9)3-4;1-5(6(2)12(7)8)3-4-13(9,10)11/h1-3H,9H2;5H,3-4H2,1-2H3/p+1. The maximum atomic E-state index is 10.4. The van der Waals surface area contributed by atoms with E-state index in [0.29, 0.717) is 15.7 Å². The molecule has 7 nitrogen and oxygen atoms in total. The molecule has 3 N–H and O–H groups in total. The summed E-state index contributed by atoms with van der Waals surface area (Å²) in [5.41, 5.74) is 5.92. The number of nitrogens with two attached hydrogens (primary N) is 1. The van der Waals surface area contributed by atoms with E-state index in [2.05, 4.69) is 0 Å². The van der Waals surface area contributed by atoms with Crippen LogP contribution in [-0.2, 0) is 20.6 Å². The van der Waals surface area contributed by atoms with Crippen molar-refractivity contribution in [1.82, 2.24) is 0 Å². The third-order valence-corrected chi connectivity index (χ3v) is 4.77. The predicted molar refractivity (Wildman–Crippen MR) is 86.5 cm³/mol. The number of hydrogen-bond acceptors (Lipinski definition) is 5. The van der Waals surface area contributed by atoms with Crippen molar-refractivity contribution in [2.75, 3.05) is 18.5 Å². The van der Waals surface area contributed by atoms with Gasteiger partial charge in [-0.2, -0.15) is 8.42 Å². The van der Waals surface area contributed by atoms with Gasteiger partial charge in [0.15, 0.2) is 13.1 Å². The number of benzene rings is 1. The van der Waals surface area contributed by atoms with E-state index in [1.54, 1.807) is 25.1 Å². The molecule has 0 aromatic heterocycles. The molecule has 0 aliphatic rings. The van der Waals surface area contributed by atoms with Crippen LogP contribution in [0, 0.1) is 0 Å². The van der Waals surface area contributed by atoms with Crippen LogP contribution in [0.3, 0.4) is 0 Å². The Balaban J connectivity index is 0.000000425. The van der Waals surface area contributed by atoms with Gasteiger partial charge in [0, 0.05) is 11.4 Å². The van der Waals surface area contributed by atoms with Crippen LogP contribution >= 0.6 is 23.2 Å². The van der Waals surface area contributed by atoms with Gasteiger partial charge in [0.05, 0.1) is 16.5 Å². The molecule has 1 atom stereocenters. The minimum Gasteiger partial charge on any atom is -0.397 e. The molecule has 0 fully saturated rings. The average molecular weight is 392 g/mol. The molecule has 0 radical (unpaired) electrons. The van der Waals surface area contributed by atoms with Gasteiger partial charge in [-0.15, -0.1) is 12.4 Å². The van der Waals surface area contributed by atoms with Crippen LogP contribution in [0.2, 0.25) is 10.0 Å². The lowest BCUT2D eigenvalue weighted by Gasteiger charge is -2.01. The van der Waals surface area contributed by atoms with Crippen molar-refractivity contribution >= 4 is 49.5 Å². The zero-order valence-corrected chi connectivity index (χ0v) is 15.0. The van der Waals surface area contributed by atoms with Gasteiger partial charge in [0.2, 0.25) is 0 Å². The van der Waals surface area contributed by atoms with E-state index < -0.39 is 32.4 Å². The topological polar surface area (TPSA) is 118 Å². The Morgan fingerprint density at radius 2 is 1.91 bits per heavy atom. The van der Waals surface area contributed by atoms with Crippen LogP contribution in [0.1, 0.15) is 13.3 Å². The van der Waals surface area contributed by atoms with Crippen molar-refractivity contribution in [3.8, 4) is 0 Å². The molecule has 0 heterocycles. The van der Waals surface area contributed by atoms with Gasteiger partial charge < -0.3 is 5.73 Å². The first kappa shape index (κ1) is 21.1. The highest BCUT2D eigenvalue weighted by Crippen LogP contribution is 2.21. The van der Waals surface area contributed by atoms with Gasteiger partial charge in [-0.25, -0.2) is 0 Å². The lowest BCUT2D eigenvalue weighted by Crippen LogP contribution is -2.22. The summed E-state index contributed by atoms with van der Waals surface area (Å²) in [6.07, 6.45) is 0.0727. The quantitative estimate of drug-likeness (QED) is 0.459. The first-order chi connectivity index (χ1) is 9.94. The van der Waals surface area contributed by atoms with Crippen LogP contribution in [0.15, 0.2) is 18.2 Å². The van der Waals surface area contributed by atoms with E-state index in [9.17, 15) is 16.8 Å². The van der Waals surface area contributed by atoms with Gasteiger partial charge in [0.1, 0.15) is 0 Å². The molecular weight excluding hydrogens is 375 g/mol. The van der Waals surface area contributed by atoms with Crippen molar-refractivity contribution < 1.29 is 25.3 Å². The first-order valence-corrected chi connectivity index (χ1v) is 9.31. The molecule has 1 unspecified atom stereocenters. The Kier molecular flexibility index (Phi) is 8.94. The van der Waals surface area contributed by atoms with Crippen molar-refractivity contribution in [2.24, 2.45) is 0 Å². The maximum absolute atomic E-state index is 10.4. The van der Waals surface area contributed by atoms with Gasteiger partial charge in [-0.1, -0.05) is 23.2 Å². The molecule has 0 aliphatic carbocycles. The van der Waals surface area contributed by atoms with Gasteiger partial charge in [-0.3, -0.25) is 4.55 Å². The fourth-order valence-electron chi connectivity index (χ4n) is 1.16. The van der Waals surface area contributed by atoms with E-state index in [-0.39, 0.29) is 6.42 Å². The Hall–Kier alpha value is -0.870. The third-order valence-electron chi connectivity index (χ3n) is 2.61. The van der Waals surface area contributed by atoms with Crippen LogP contribution < -0.4 is 5.73 Å². The summed E-state index contributed by atoms with van der Waals surface area (Å²) in [6, 6.07) is 4.53. The normalized spacial score (nSPS) is 12.0. The molecular formula is C11H17Cl2N2O5S2+. The van der Waals surface area contributed by atoms with E-state index in [1.807, 2.05) is 0 Å². The second-order valence-electron chi connectivity index (χ2n) is 4.35. The number of nitrogens with zero attached hydrogens (tertiary/aromatic N) is 1. The van der Waals surface area contributed by atoms with Gasteiger partial charge >= 0.3 is 10.5 Å². The second-order valence-corrected chi connectivity index (χ2v) is 7.78. The number of anilines is 1. The highest BCUT2D eigenvalue weighted by Gasteiger charge is 2.16. The summed E-state index contributed by atoms with van der Waals surface area (Å²) >= 11 is 11.2. The van der Waals surface area contributed by atoms with Crippen LogP contribution in [-0.4, -0.2) is 44.2 Å². The van der Waals surface area contributed by atoms with Crippen LogP contribution in [0.25, 0.3) is 0 Å². The van der Waals surface area contributed by atoms with Crippen LogP contribution in [0.4, 0.5) is 5.69 Å². The minimum atomic E-state index is -4.01. The average Bonchev–Trinajstić information content (AvgIpc) is 2.39. The largest absolute Gasteiger partial charge is 0.458 e. The van der Waals surface area contributed by atoms with Gasteiger partial charge in [0.25, 0.3) is 10.1 Å². The summed E-state index contributed by atoms with van der Waals surface area (Å²) in [5, 5.41) is 1.15. The number of rotatable bonds is 4. The molecule has 0 saturated heterocycles. The lowest BCUT2D eigenvalue weighted by molar-refractivity contribution is -0.510. The molecule has 0 aliphatic heterocycles. The second kappa shape index (κ2) is 9.31. The van der Waals surface area contributed by atoms with E-state index in [4.69, 9.17) is 33.5 Å². The highest BCUT2D eigenvalue weighted by molar-refractivity contribution is 7.85. The fourth-order valence-corrected chi connectivity index (χ4v) is 2.50. The Morgan fingerprint density at radius 3 is 2.27 bits per heavy atom. The van der Waals surface area contributed by atoms with E-state index in [0.717, 1.165) is 3.95 Å². The van der Waals surface area contributed by atoms with Crippen molar-refractivity contribution in [3.05, 3.63) is 28.2 Å². The molecule has 11 heteroatoms. The molecule has 1 aromatic rings. The monoisotopic (exact) mass is 391 g/mol. The van der Waals surface area contributed by atoms with Crippen molar-refractivity contribution in [3.63, 3.8) is 0 Å². The van der Waals surface area contributed by atoms with Crippen LogP contribution in [0.5, 0.6) is 0 Å². The Morgan fingerprint density at radius 1 is 1.36 bits per heavy atom. The molecule has 22 heavy (non-hydrogen) atoms. The summed E-state index contributed by atoms with van der Waals surface area (Å²) in [4.78, 5) is 0. The summed E-state index contributed by atoms with van der Waals surface area (Å²) in [7, 11) is -5.04. The molecule has 126 valence electrons. The van der Waals surface area contributed by atoms with Crippen molar-refractivity contribution in [2.45, 2.75) is 19.4 Å². The summed E-state index contributed by atoms with van der Waals surface area (Å²) < 4.78 is 50.8. The Bertz CT molecular complexity index is 740. The smallest absolute Gasteiger partial charge is 0.397 e. The Labute approximate surface area is 141 Å². The number of halogens is 2. The summed E-state index contributed by atoms with van der Waals surface area (Å²) in [5.74, 6) is -0.435. The first-order valence-electron chi connectivity index (χ1n) is 5.92. The maximum Gasteiger partial charge on any atom is 0.458 e. The number of hydrogen-bond donors (Lipinski definition) is 2. The third kappa shape index (κ3) is 9.21. The van der Waals surface area contributed by atoms with E-state index in [1.165, 1.54) is 7.05 Å².